The van der Waals surface area contributed by atoms with Crippen LogP contribution >= 0.6 is 11.8 Å². The minimum absolute atomic E-state index is 0.0817. The van der Waals surface area contributed by atoms with Gasteiger partial charge in [-0.15, -0.1) is 10.2 Å². The first-order chi connectivity index (χ1) is 10.7. The van der Waals surface area contributed by atoms with Gasteiger partial charge in [-0.2, -0.15) is 0 Å². The Morgan fingerprint density at radius 1 is 1.36 bits per heavy atom. The van der Waals surface area contributed by atoms with Gasteiger partial charge in [0.05, 0.1) is 5.75 Å². The number of nitrogen functional groups attached to an aromatic ring is 1. The van der Waals surface area contributed by atoms with E-state index in [1.807, 2.05) is 30.0 Å². The molecule has 2 heterocycles. The van der Waals surface area contributed by atoms with Gasteiger partial charge in [-0.25, -0.2) is 4.68 Å². The third kappa shape index (κ3) is 2.81. The Balaban J connectivity index is 1.69. The van der Waals surface area contributed by atoms with E-state index in [2.05, 4.69) is 16.3 Å². The van der Waals surface area contributed by atoms with Crippen molar-refractivity contribution in [3.8, 4) is 0 Å². The van der Waals surface area contributed by atoms with Crippen molar-refractivity contribution in [3.05, 3.63) is 35.7 Å². The largest absolute Gasteiger partial charge is 0.336 e. The summed E-state index contributed by atoms with van der Waals surface area (Å²) in [6.45, 7) is 2.74. The number of nitrogens with zero attached hydrogens (tertiary/aromatic N) is 4. The molecule has 2 N–H and O–H groups in total. The molecule has 0 bridgehead atoms. The van der Waals surface area contributed by atoms with Crippen LogP contribution in [-0.4, -0.2) is 33.1 Å². The standard InChI is InChI=1S/C15H19N5OS/c1-2-13-17-18-15(20(13)16)22-10-14(21)19-9-5-7-11-6-3-4-8-12(11)19/h3-4,6,8H,2,5,7,9-10,16H2,1H3. The second-order valence-corrected chi connectivity index (χ2v) is 6.13. The average Bonchev–Trinajstić information content (AvgIpc) is 2.92. The van der Waals surface area contributed by atoms with Gasteiger partial charge in [0.2, 0.25) is 11.1 Å². The van der Waals surface area contributed by atoms with Gasteiger partial charge in [-0.1, -0.05) is 36.9 Å². The number of carbonyl (C=O) groups is 1. The highest BCUT2D eigenvalue weighted by atomic mass is 32.2. The predicted molar refractivity (Wildman–Crippen MR) is 87.4 cm³/mol. The molecule has 0 radical (unpaired) electrons. The van der Waals surface area contributed by atoms with Crippen molar-refractivity contribution in [2.75, 3.05) is 23.0 Å². The Bertz CT molecular complexity index is 684. The molecule has 22 heavy (non-hydrogen) atoms. The normalized spacial score (nSPS) is 14.0. The number of thioether (sulfide) groups is 1. The predicted octanol–water partition coefficient (Wildman–Crippen LogP) is 1.63. The topological polar surface area (TPSA) is 77.0 Å². The summed E-state index contributed by atoms with van der Waals surface area (Å²) in [6.07, 6.45) is 2.75. The van der Waals surface area contributed by atoms with Crippen LogP contribution in [0.2, 0.25) is 0 Å². The van der Waals surface area contributed by atoms with Crippen LogP contribution in [0.4, 0.5) is 5.69 Å². The number of amides is 1. The highest BCUT2D eigenvalue weighted by Crippen LogP contribution is 2.27. The summed E-state index contributed by atoms with van der Waals surface area (Å²) >= 11 is 1.33. The molecular formula is C15H19N5OS. The monoisotopic (exact) mass is 317 g/mol. The van der Waals surface area contributed by atoms with Crippen LogP contribution in [0, 0.1) is 0 Å². The van der Waals surface area contributed by atoms with Gasteiger partial charge in [0.25, 0.3) is 0 Å². The highest BCUT2D eigenvalue weighted by Gasteiger charge is 2.22. The van der Waals surface area contributed by atoms with Crippen LogP contribution in [0.25, 0.3) is 0 Å². The number of anilines is 1. The third-order valence-corrected chi connectivity index (χ3v) is 4.72. The molecule has 0 atom stereocenters. The number of rotatable bonds is 4. The van der Waals surface area contributed by atoms with Crippen LogP contribution in [0.3, 0.4) is 0 Å². The zero-order valence-corrected chi connectivity index (χ0v) is 13.3. The van der Waals surface area contributed by atoms with Crippen LogP contribution in [-0.2, 0) is 17.6 Å². The lowest BCUT2D eigenvalue weighted by Gasteiger charge is -2.29. The Kier molecular flexibility index (Phi) is 4.33. The molecule has 0 aliphatic carbocycles. The first kappa shape index (κ1) is 14.9. The zero-order valence-electron chi connectivity index (χ0n) is 12.5. The molecule has 0 fully saturated rings. The molecule has 1 aliphatic heterocycles. The van der Waals surface area contributed by atoms with E-state index in [0.717, 1.165) is 37.3 Å². The smallest absolute Gasteiger partial charge is 0.237 e. The first-order valence-electron chi connectivity index (χ1n) is 7.41. The second kappa shape index (κ2) is 6.39. The number of fused-ring (bicyclic) bond motifs is 1. The van der Waals surface area contributed by atoms with Gasteiger partial charge in [0.15, 0.2) is 5.82 Å². The molecule has 2 aromatic rings. The second-order valence-electron chi connectivity index (χ2n) is 5.19. The van der Waals surface area contributed by atoms with Gasteiger partial charge in [0, 0.05) is 18.7 Å². The van der Waals surface area contributed by atoms with Gasteiger partial charge >= 0.3 is 0 Å². The zero-order chi connectivity index (χ0) is 15.5. The summed E-state index contributed by atoms with van der Waals surface area (Å²) in [5.41, 5.74) is 2.27. The number of benzene rings is 1. The summed E-state index contributed by atoms with van der Waals surface area (Å²) < 4.78 is 1.46. The quantitative estimate of drug-likeness (QED) is 0.685. The SMILES string of the molecule is CCc1nnc(SCC(=O)N2CCCc3ccccc32)n1N. The van der Waals surface area contributed by atoms with E-state index in [1.54, 1.807) is 0 Å². The fraction of sp³-hybridized carbons (Fsp3) is 0.400. The van der Waals surface area contributed by atoms with E-state index in [-0.39, 0.29) is 5.91 Å². The van der Waals surface area contributed by atoms with E-state index in [0.29, 0.717) is 10.9 Å². The molecule has 116 valence electrons. The van der Waals surface area contributed by atoms with Crippen LogP contribution in [0.15, 0.2) is 29.4 Å². The van der Waals surface area contributed by atoms with Gasteiger partial charge in [-0.05, 0) is 24.5 Å². The molecule has 1 amide bonds. The lowest BCUT2D eigenvalue weighted by atomic mass is 10.0. The van der Waals surface area contributed by atoms with Crippen molar-refractivity contribution < 1.29 is 4.79 Å². The van der Waals surface area contributed by atoms with Gasteiger partial charge < -0.3 is 10.7 Å². The Hall–Kier alpha value is -2.02. The van der Waals surface area contributed by atoms with Gasteiger partial charge in [0.1, 0.15) is 0 Å². The van der Waals surface area contributed by atoms with E-state index in [4.69, 9.17) is 5.84 Å². The Morgan fingerprint density at radius 3 is 2.95 bits per heavy atom. The number of aryl methyl sites for hydroxylation is 2. The maximum absolute atomic E-state index is 12.5. The highest BCUT2D eigenvalue weighted by molar-refractivity contribution is 7.99. The minimum Gasteiger partial charge on any atom is -0.336 e. The number of aromatic nitrogens is 3. The van der Waals surface area contributed by atoms with Crippen LogP contribution < -0.4 is 10.7 Å². The molecule has 1 aromatic heterocycles. The molecule has 0 spiro atoms. The van der Waals surface area contributed by atoms with Crippen LogP contribution in [0.5, 0.6) is 0 Å². The maximum Gasteiger partial charge on any atom is 0.237 e. The molecule has 1 aliphatic rings. The molecule has 0 unspecified atom stereocenters. The number of carbonyl (C=O) groups excluding carboxylic acids is 1. The maximum atomic E-state index is 12.5. The number of nitrogens with two attached hydrogens (primary N) is 1. The minimum atomic E-state index is 0.0817. The Labute approximate surface area is 133 Å². The average molecular weight is 317 g/mol. The van der Waals surface area contributed by atoms with Crippen molar-refractivity contribution in [1.29, 1.82) is 0 Å². The summed E-state index contributed by atoms with van der Waals surface area (Å²) in [6, 6.07) is 8.09. The number of hydrogen-bond acceptors (Lipinski definition) is 5. The molecule has 0 saturated heterocycles. The third-order valence-electron chi connectivity index (χ3n) is 3.79. The molecule has 0 saturated carbocycles. The lowest BCUT2D eigenvalue weighted by Crippen LogP contribution is -2.36. The van der Waals surface area contributed by atoms with E-state index in [9.17, 15) is 4.79 Å². The van der Waals surface area contributed by atoms with Crippen molar-refractivity contribution in [1.82, 2.24) is 14.9 Å². The van der Waals surface area contributed by atoms with Crippen molar-refractivity contribution in [2.45, 2.75) is 31.3 Å². The van der Waals surface area contributed by atoms with Gasteiger partial charge in [-0.3, -0.25) is 4.79 Å². The molecular weight excluding hydrogens is 298 g/mol. The summed E-state index contributed by atoms with van der Waals surface area (Å²) in [7, 11) is 0. The number of para-hydroxylation sites is 1. The molecule has 1 aromatic carbocycles. The van der Waals surface area contributed by atoms with Crippen molar-refractivity contribution in [3.63, 3.8) is 0 Å². The fourth-order valence-electron chi connectivity index (χ4n) is 2.64. The summed E-state index contributed by atoms with van der Waals surface area (Å²) in [5, 5.41) is 8.61. The Morgan fingerprint density at radius 2 is 2.18 bits per heavy atom. The van der Waals surface area contributed by atoms with E-state index < -0.39 is 0 Å². The van der Waals surface area contributed by atoms with E-state index in [1.165, 1.54) is 22.0 Å². The van der Waals surface area contributed by atoms with Crippen molar-refractivity contribution in [2.24, 2.45) is 0 Å². The van der Waals surface area contributed by atoms with E-state index >= 15 is 0 Å². The summed E-state index contributed by atoms with van der Waals surface area (Å²) in [4.78, 5) is 14.4. The molecule has 6 nitrogen and oxygen atoms in total. The molecule has 7 heteroatoms. The van der Waals surface area contributed by atoms with Crippen molar-refractivity contribution >= 4 is 23.4 Å². The fourth-order valence-corrected chi connectivity index (χ4v) is 3.40. The molecule has 3 rings (SSSR count). The number of hydrogen-bond donors (Lipinski definition) is 1. The summed E-state index contributed by atoms with van der Waals surface area (Å²) in [5.74, 6) is 7.02. The lowest BCUT2D eigenvalue weighted by molar-refractivity contribution is -0.116. The van der Waals surface area contributed by atoms with Crippen LogP contribution in [0.1, 0.15) is 24.7 Å². The first-order valence-corrected chi connectivity index (χ1v) is 8.39.